The van der Waals surface area contributed by atoms with Gasteiger partial charge < -0.3 is 14.5 Å². The van der Waals surface area contributed by atoms with Crippen LogP contribution in [0.25, 0.3) is 0 Å². The maximum Gasteiger partial charge on any atom is 0.257 e. The maximum absolute atomic E-state index is 12.8. The Morgan fingerprint density at radius 1 is 1.23 bits per heavy atom. The van der Waals surface area contributed by atoms with Gasteiger partial charge in [-0.2, -0.15) is 0 Å². The zero-order valence-electron chi connectivity index (χ0n) is 13.1. The summed E-state index contributed by atoms with van der Waals surface area (Å²) in [6.07, 6.45) is 0. The quantitative estimate of drug-likeness (QED) is 0.825. The first-order valence-electron chi connectivity index (χ1n) is 7.64. The molecule has 0 spiro atoms. The van der Waals surface area contributed by atoms with E-state index in [1.54, 1.807) is 25.3 Å². The third kappa shape index (κ3) is 3.07. The maximum atomic E-state index is 12.8. The predicted octanol–water partition coefficient (Wildman–Crippen LogP) is 1.42. The lowest BCUT2D eigenvalue weighted by Crippen LogP contribution is -2.62. The molecule has 0 bridgehead atoms. The van der Waals surface area contributed by atoms with Gasteiger partial charge in [0.05, 0.1) is 12.7 Å². The minimum atomic E-state index is 0.0291. The molecule has 120 valence electrons. The molecule has 2 fully saturated rings. The number of methoxy groups -OCH3 is 1. The highest BCUT2D eigenvalue weighted by atomic mass is 35.5. The number of ether oxygens (including phenoxy) is 1. The van der Waals surface area contributed by atoms with E-state index < -0.39 is 0 Å². The fraction of sp³-hybridized carbons (Fsp3) is 0.562. The first-order valence-corrected chi connectivity index (χ1v) is 8.01. The molecular weight excluding hydrogens is 302 g/mol. The Morgan fingerprint density at radius 2 is 2.00 bits per heavy atom. The smallest absolute Gasteiger partial charge is 0.257 e. The summed E-state index contributed by atoms with van der Waals surface area (Å²) in [4.78, 5) is 19.6. The molecule has 1 aromatic carbocycles. The summed E-state index contributed by atoms with van der Waals surface area (Å²) < 4.78 is 5.31. The lowest BCUT2D eigenvalue weighted by molar-refractivity contribution is 0.0188. The number of amides is 1. The van der Waals surface area contributed by atoms with Crippen molar-refractivity contribution >= 4 is 17.5 Å². The molecule has 0 aliphatic carbocycles. The van der Waals surface area contributed by atoms with E-state index in [0.29, 0.717) is 22.4 Å². The van der Waals surface area contributed by atoms with Crippen molar-refractivity contribution in [2.75, 3.05) is 53.4 Å². The Labute approximate surface area is 136 Å². The Hall–Kier alpha value is -1.30. The summed E-state index contributed by atoms with van der Waals surface area (Å²) >= 11 is 5.98. The van der Waals surface area contributed by atoms with Crippen LogP contribution in [0.5, 0.6) is 5.75 Å². The minimum absolute atomic E-state index is 0.0291. The molecule has 0 N–H and O–H groups in total. The first-order chi connectivity index (χ1) is 10.6. The molecule has 2 aliphatic heterocycles. The van der Waals surface area contributed by atoms with Gasteiger partial charge in [0.25, 0.3) is 5.91 Å². The van der Waals surface area contributed by atoms with Gasteiger partial charge in [-0.15, -0.1) is 0 Å². The van der Waals surface area contributed by atoms with Crippen LogP contribution in [0.4, 0.5) is 0 Å². The fourth-order valence-corrected chi connectivity index (χ4v) is 3.47. The van der Waals surface area contributed by atoms with Crippen LogP contribution in [-0.4, -0.2) is 80.1 Å². The van der Waals surface area contributed by atoms with Gasteiger partial charge in [-0.1, -0.05) is 11.6 Å². The number of benzene rings is 1. The van der Waals surface area contributed by atoms with Crippen LogP contribution in [0.15, 0.2) is 18.2 Å². The average molecular weight is 324 g/mol. The number of fused-ring (bicyclic) bond motifs is 1. The van der Waals surface area contributed by atoms with Crippen molar-refractivity contribution in [1.82, 2.24) is 14.7 Å². The van der Waals surface area contributed by atoms with Crippen molar-refractivity contribution in [3.63, 3.8) is 0 Å². The van der Waals surface area contributed by atoms with Crippen molar-refractivity contribution < 1.29 is 9.53 Å². The Bertz CT molecular complexity index is 566. The number of hydrogen-bond acceptors (Lipinski definition) is 4. The number of nitrogens with zero attached hydrogens (tertiary/aromatic N) is 3. The van der Waals surface area contributed by atoms with Crippen LogP contribution in [0.3, 0.4) is 0 Å². The second kappa shape index (κ2) is 6.44. The van der Waals surface area contributed by atoms with Gasteiger partial charge in [0.1, 0.15) is 5.75 Å². The first kappa shape index (κ1) is 15.6. The molecule has 1 amide bonds. The molecule has 0 aromatic heterocycles. The molecule has 3 rings (SSSR count). The van der Waals surface area contributed by atoms with Crippen LogP contribution in [0.2, 0.25) is 5.02 Å². The number of hydrogen-bond donors (Lipinski definition) is 0. The zero-order valence-corrected chi connectivity index (χ0v) is 13.8. The molecule has 0 radical (unpaired) electrons. The largest absolute Gasteiger partial charge is 0.496 e. The van der Waals surface area contributed by atoms with Gasteiger partial charge in [0, 0.05) is 50.3 Å². The number of halogens is 1. The fourth-order valence-electron chi connectivity index (χ4n) is 3.31. The van der Waals surface area contributed by atoms with E-state index in [-0.39, 0.29) is 5.91 Å². The summed E-state index contributed by atoms with van der Waals surface area (Å²) in [7, 11) is 3.71. The zero-order chi connectivity index (χ0) is 15.7. The van der Waals surface area contributed by atoms with E-state index in [1.165, 1.54) is 0 Å². The predicted molar refractivity (Wildman–Crippen MR) is 86.8 cm³/mol. The Balaban J connectivity index is 1.75. The Kier molecular flexibility index (Phi) is 4.57. The van der Waals surface area contributed by atoms with Crippen LogP contribution < -0.4 is 4.74 Å². The summed E-state index contributed by atoms with van der Waals surface area (Å²) in [6.45, 7) is 5.70. The number of piperazine rings is 2. The normalized spacial score (nSPS) is 23.2. The molecule has 2 saturated heterocycles. The topological polar surface area (TPSA) is 36.0 Å². The molecule has 0 saturated carbocycles. The van der Waals surface area contributed by atoms with E-state index in [4.69, 9.17) is 16.3 Å². The van der Waals surface area contributed by atoms with Crippen molar-refractivity contribution in [2.45, 2.75) is 6.04 Å². The van der Waals surface area contributed by atoms with Crippen molar-refractivity contribution in [3.05, 3.63) is 28.8 Å². The number of rotatable bonds is 2. The second-order valence-corrected chi connectivity index (χ2v) is 6.48. The molecular formula is C16H22ClN3O2. The summed E-state index contributed by atoms with van der Waals surface area (Å²) in [6, 6.07) is 5.61. The van der Waals surface area contributed by atoms with Gasteiger partial charge in [0.2, 0.25) is 0 Å². The third-order valence-corrected chi connectivity index (χ3v) is 4.81. The van der Waals surface area contributed by atoms with Crippen LogP contribution in [0, 0.1) is 0 Å². The standard InChI is InChI=1S/C16H22ClN3O2/c1-18-5-6-19-7-8-20(11-13(19)10-18)16(21)14-4-3-12(17)9-15(14)22-2/h3-4,9,13H,5-8,10-11H2,1-2H3. The van der Waals surface area contributed by atoms with Crippen molar-refractivity contribution in [2.24, 2.45) is 0 Å². The van der Waals surface area contributed by atoms with E-state index in [2.05, 4.69) is 16.8 Å². The van der Waals surface area contributed by atoms with Gasteiger partial charge in [-0.05, 0) is 25.2 Å². The van der Waals surface area contributed by atoms with Crippen LogP contribution in [0.1, 0.15) is 10.4 Å². The van der Waals surface area contributed by atoms with Crippen LogP contribution >= 0.6 is 11.6 Å². The average Bonchev–Trinajstić information content (AvgIpc) is 2.53. The highest BCUT2D eigenvalue weighted by molar-refractivity contribution is 6.30. The number of carbonyl (C=O) groups is 1. The van der Waals surface area contributed by atoms with Gasteiger partial charge >= 0.3 is 0 Å². The summed E-state index contributed by atoms with van der Waals surface area (Å²) in [5.74, 6) is 0.571. The number of carbonyl (C=O) groups excluding carboxylic acids is 1. The second-order valence-electron chi connectivity index (χ2n) is 6.05. The van der Waals surface area contributed by atoms with Crippen LogP contribution in [-0.2, 0) is 0 Å². The molecule has 2 heterocycles. The molecule has 6 heteroatoms. The molecule has 1 unspecified atom stereocenters. The lowest BCUT2D eigenvalue weighted by Gasteiger charge is -2.46. The monoisotopic (exact) mass is 323 g/mol. The minimum Gasteiger partial charge on any atom is -0.496 e. The van der Waals surface area contributed by atoms with E-state index in [1.807, 2.05) is 4.90 Å². The molecule has 22 heavy (non-hydrogen) atoms. The van der Waals surface area contributed by atoms with Crippen molar-refractivity contribution in [3.8, 4) is 5.75 Å². The van der Waals surface area contributed by atoms with E-state index >= 15 is 0 Å². The van der Waals surface area contributed by atoms with Gasteiger partial charge in [-0.3, -0.25) is 9.69 Å². The highest BCUT2D eigenvalue weighted by Crippen LogP contribution is 2.25. The Morgan fingerprint density at radius 3 is 2.77 bits per heavy atom. The molecule has 1 aromatic rings. The summed E-state index contributed by atoms with van der Waals surface area (Å²) in [5.41, 5.74) is 0.588. The lowest BCUT2D eigenvalue weighted by atomic mass is 10.1. The number of likely N-dealkylation sites (N-methyl/N-ethyl adjacent to an activating group) is 1. The molecule has 5 nitrogen and oxygen atoms in total. The third-order valence-electron chi connectivity index (χ3n) is 4.58. The molecule has 1 atom stereocenters. The highest BCUT2D eigenvalue weighted by Gasteiger charge is 2.33. The van der Waals surface area contributed by atoms with E-state index in [0.717, 1.165) is 39.3 Å². The SMILES string of the molecule is COc1cc(Cl)ccc1C(=O)N1CCN2CCN(C)CC2C1. The van der Waals surface area contributed by atoms with Crippen molar-refractivity contribution in [1.29, 1.82) is 0 Å². The van der Waals surface area contributed by atoms with E-state index in [9.17, 15) is 4.79 Å². The molecule has 2 aliphatic rings. The van der Waals surface area contributed by atoms with Gasteiger partial charge in [0.15, 0.2) is 0 Å². The summed E-state index contributed by atoms with van der Waals surface area (Å²) in [5, 5.41) is 0.576. The van der Waals surface area contributed by atoms with Gasteiger partial charge in [-0.25, -0.2) is 0 Å².